The van der Waals surface area contributed by atoms with Gasteiger partial charge in [0.25, 0.3) is 0 Å². The van der Waals surface area contributed by atoms with Gasteiger partial charge in [0.15, 0.2) is 0 Å². The maximum atomic E-state index is 14.6. The molecule has 1 atom stereocenters. The van der Waals surface area contributed by atoms with Crippen molar-refractivity contribution in [2.24, 2.45) is 0 Å². The summed E-state index contributed by atoms with van der Waals surface area (Å²) < 4.78 is 21.3. The SMILES string of the molecule is Cc1cccc2ccc3c(c12)Oc1c(ccc2ccccc12)C31C(=O)Nc2ccc(F)cc21. The summed E-state index contributed by atoms with van der Waals surface area (Å²) in [5.74, 6) is 0.722. The van der Waals surface area contributed by atoms with Gasteiger partial charge >= 0.3 is 0 Å². The lowest BCUT2D eigenvalue weighted by Crippen LogP contribution is -2.39. The van der Waals surface area contributed by atoms with E-state index < -0.39 is 5.41 Å². The van der Waals surface area contributed by atoms with Crippen LogP contribution in [0.15, 0.2) is 84.9 Å². The van der Waals surface area contributed by atoms with Crippen LogP contribution in [-0.4, -0.2) is 5.91 Å². The zero-order valence-corrected chi connectivity index (χ0v) is 17.8. The summed E-state index contributed by atoms with van der Waals surface area (Å²) in [5, 5.41) is 6.95. The highest BCUT2D eigenvalue weighted by Crippen LogP contribution is 2.59. The van der Waals surface area contributed by atoms with E-state index in [2.05, 4.69) is 5.32 Å². The normalized spacial score (nSPS) is 18.1. The molecule has 33 heavy (non-hydrogen) atoms. The second-order valence-corrected chi connectivity index (χ2v) is 8.77. The molecule has 3 nitrogen and oxygen atoms in total. The molecule has 1 unspecified atom stereocenters. The molecule has 0 aromatic heterocycles. The number of benzene rings is 5. The van der Waals surface area contributed by atoms with Gasteiger partial charge in [-0.25, -0.2) is 4.39 Å². The number of carbonyl (C=O) groups excluding carboxylic acids is 1. The van der Waals surface area contributed by atoms with Crippen LogP contribution >= 0.6 is 0 Å². The smallest absolute Gasteiger partial charge is 0.244 e. The third kappa shape index (κ3) is 2.20. The van der Waals surface area contributed by atoms with E-state index in [1.54, 1.807) is 6.07 Å². The largest absolute Gasteiger partial charge is 0.455 e. The fourth-order valence-electron chi connectivity index (χ4n) is 5.63. The summed E-state index contributed by atoms with van der Waals surface area (Å²) in [5.41, 5.74) is 2.54. The fraction of sp³-hybridized carbons (Fsp3) is 0.0690. The van der Waals surface area contributed by atoms with Crippen LogP contribution in [0.3, 0.4) is 0 Å². The van der Waals surface area contributed by atoms with Gasteiger partial charge in [-0.3, -0.25) is 4.79 Å². The number of halogens is 1. The van der Waals surface area contributed by atoms with E-state index in [1.807, 2.05) is 73.7 Å². The van der Waals surface area contributed by atoms with Gasteiger partial charge in [0.1, 0.15) is 22.7 Å². The van der Waals surface area contributed by atoms with E-state index >= 15 is 0 Å². The Balaban J connectivity index is 1.71. The van der Waals surface area contributed by atoms with Crippen LogP contribution in [0.25, 0.3) is 21.5 Å². The molecule has 0 saturated heterocycles. The summed E-state index contributed by atoms with van der Waals surface area (Å²) in [7, 11) is 0. The standard InChI is InChI=1S/C29H18FNO2/c1-16-5-4-7-18-10-13-22-27(25(16)18)33-26-20-8-3-2-6-17(20)9-12-21(26)29(22)23-15-19(30)11-14-24(23)31-28(29)32/h2-15H,1H3,(H,31,32). The third-order valence-corrected chi connectivity index (χ3v) is 7.07. The van der Waals surface area contributed by atoms with Crippen molar-refractivity contribution in [3.63, 3.8) is 0 Å². The predicted octanol–water partition coefficient (Wildman–Crippen LogP) is 6.83. The van der Waals surface area contributed by atoms with Crippen molar-refractivity contribution in [2.45, 2.75) is 12.3 Å². The van der Waals surface area contributed by atoms with Gasteiger partial charge in [-0.2, -0.15) is 0 Å². The molecule has 0 saturated carbocycles. The Morgan fingerprint density at radius 1 is 0.788 bits per heavy atom. The molecule has 4 heteroatoms. The number of amides is 1. The third-order valence-electron chi connectivity index (χ3n) is 7.07. The molecule has 1 spiro atoms. The highest BCUT2D eigenvalue weighted by molar-refractivity contribution is 6.15. The monoisotopic (exact) mass is 431 g/mol. The van der Waals surface area contributed by atoms with E-state index in [0.29, 0.717) is 22.7 Å². The van der Waals surface area contributed by atoms with Gasteiger partial charge < -0.3 is 10.1 Å². The van der Waals surface area contributed by atoms with Crippen molar-refractivity contribution in [1.29, 1.82) is 0 Å². The van der Waals surface area contributed by atoms with Gasteiger partial charge in [-0.05, 0) is 41.5 Å². The van der Waals surface area contributed by atoms with Crippen molar-refractivity contribution >= 4 is 33.1 Å². The molecule has 0 radical (unpaired) electrons. The molecule has 2 aliphatic rings. The van der Waals surface area contributed by atoms with Crippen molar-refractivity contribution in [1.82, 2.24) is 0 Å². The number of hydrogen-bond donors (Lipinski definition) is 1. The highest BCUT2D eigenvalue weighted by Gasteiger charge is 2.55. The highest BCUT2D eigenvalue weighted by atomic mass is 19.1. The average molecular weight is 431 g/mol. The zero-order valence-electron chi connectivity index (χ0n) is 17.8. The van der Waals surface area contributed by atoms with Crippen LogP contribution in [0.4, 0.5) is 10.1 Å². The van der Waals surface area contributed by atoms with Crippen LogP contribution in [0, 0.1) is 12.7 Å². The predicted molar refractivity (Wildman–Crippen MR) is 128 cm³/mol. The van der Waals surface area contributed by atoms with Gasteiger partial charge in [0, 0.05) is 33.2 Å². The fourth-order valence-corrected chi connectivity index (χ4v) is 5.63. The molecule has 2 heterocycles. The molecule has 1 N–H and O–H groups in total. The van der Waals surface area contributed by atoms with Gasteiger partial charge in [-0.15, -0.1) is 0 Å². The van der Waals surface area contributed by atoms with Gasteiger partial charge in [0.05, 0.1) is 0 Å². The Kier molecular flexibility index (Phi) is 3.46. The van der Waals surface area contributed by atoms with E-state index in [-0.39, 0.29) is 11.7 Å². The number of rotatable bonds is 0. The van der Waals surface area contributed by atoms with Gasteiger partial charge in [-0.1, -0.05) is 66.7 Å². The lowest BCUT2D eigenvalue weighted by Gasteiger charge is -2.37. The first-order valence-electron chi connectivity index (χ1n) is 10.9. The quantitative estimate of drug-likeness (QED) is 0.292. The summed E-state index contributed by atoms with van der Waals surface area (Å²) in [6.07, 6.45) is 0. The Labute approximate surface area is 189 Å². The summed E-state index contributed by atoms with van der Waals surface area (Å²) in [4.78, 5) is 13.9. The Morgan fingerprint density at radius 2 is 1.55 bits per heavy atom. The molecule has 7 rings (SSSR count). The molecule has 2 aliphatic heterocycles. The van der Waals surface area contributed by atoms with Crippen LogP contribution in [0.1, 0.15) is 22.3 Å². The van der Waals surface area contributed by atoms with Crippen molar-refractivity contribution in [3.05, 3.63) is 113 Å². The summed E-state index contributed by atoms with van der Waals surface area (Å²) >= 11 is 0. The molecular formula is C29H18FNO2. The van der Waals surface area contributed by atoms with E-state index in [4.69, 9.17) is 4.74 Å². The summed E-state index contributed by atoms with van der Waals surface area (Å²) in [6, 6.07) is 26.5. The minimum Gasteiger partial charge on any atom is -0.455 e. The lowest BCUT2D eigenvalue weighted by atomic mass is 9.67. The molecule has 0 bridgehead atoms. The molecule has 0 aliphatic carbocycles. The maximum absolute atomic E-state index is 14.6. The van der Waals surface area contributed by atoms with Crippen molar-refractivity contribution < 1.29 is 13.9 Å². The average Bonchev–Trinajstić information content (AvgIpc) is 3.11. The minimum atomic E-state index is -1.21. The molecular weight excluding hydrogens is 413 g/mol. The molecule has 158 valence electrons. The molecule has 5 aromatic rings. The van der Waals surface area contributed by atoms with Crippen LogP contribution < -0.4 is 10.1 Å². The molecule has 0 fully saturated rings. The van der Waals surface area contributed by atoms with E-state index in [1.165, 1.54) is 12.1 Å². The molecule has 5 aromatic carbocycles. The number of fused-ring (bicyclic) bond motifs is 10. The number of carbonyl (C=O) groups is 1. The number of aryl methyl sites for hydroxylation is 1. The van der Waals surface area contributed by atoms with Crippen LogP contribution in [0.5, 0.6) is 11.5 Å². The number of anilines is 1. The van der Waals surface area contributed by atoms with Crippen molar-refractivity contribution in [3.8, 4) is 11.5 Å². The second kappa shape index (κ2) is 6.20. The summed E-state index contributed by atoms with van der Waals surface area (Å²) in [6.45, 7) is 2.04. The number of hydrogen-bond acceptors (Lipinski definition) is 2. The maximum Gasteiger partial charge on any atom is 0.244 e. The Bertz CT molecular complexity index is 1670. The van der Waals surface area contributed by atoms with E-state index in [9.17, 15) is 9.18 Å². The van der Waals surface area contributed by atoms with Crippen LogP contribution in [-0.2, 0) is 10.2 Å². The topological polar surface area (TPSA) is 38.3 Å². The zero-order chi connectivity index (χ0) is 22.3. The van der Waals surface area contributed by atoms with Crippen LogP contribution in [0.2, 0.25) is 0 Å². The van der Waals surface area contributed by atoms with Gasteiger partial charge in [0.2, 0.25) is 5.91 Å². The first-order valence-corrected chi connectivity index (χ1v) is 10.9. The first kappa shape index (κ1) is 18.4. The lowest BCUT2D eigenvalue weighted by molar-refractivity contribution is -0.118. The first-order chi connectivity index (χ1) is 16.1. The van der Waals surface area contributed by atoms with E-state index in [0.717, 1.165) is 38.2 Å². The minimum absolute atomic E-state index is 0.197. The Hall–Kier alpha value is -4.18. The van der Waals surface area contributed by atoms with Crippen molar-refractivity contribution in [2.75, 3.05) is 5.32 Å². The Morgan fingerprint density at radius 3 is 2.42 bits per heavy atom. The number of ether oxygens (including phenoxy) is 1. The second-order valence-electron chi connectivity index (χ2n) is 8.77. The molecule has 1 amide bonds. The number of nitrogens with one attached hydrogen (secondary N) is 1.